The zero-order valence-corrected chi connectivity index (χ0v) is 12.5. The van der Waals surface area contributed by atoms with Crippen LogP contribution in [0.2, 0.25) is 0 Å². The standard InChI is InChI=1S/C17H30O2/c1-3-5-6-7-8-9-12-15-13-10-11-14-16(15)19-17(18)4-2/h4,15-16H,2-3,5-14H2,1H3. The third kappa shape index (κ3) is 6.79. The van der Waals surface area contributed by atoms with E-state index >= 15 is 0 Å². The fourth-order valence-electron chi connectivity index (χ4n) is 3.04. The molecule has 0 aromatic rings. The van der Waals surface area contributed by atoms with Gasteiger partial charge in [0.1, 0.15) is 6.10 Å². The van der Waals surface area contributed by atoms with Crippen LogP contribution in [0, 0.1) is 5.92 Å². The Labute approximate surface area is 118 Å². The van der Waals surface area contributed by atoms with E-state index in [1.165, 1.54) is 70.3 Å². The average Bonchev–Trinajstić information content (AvgIpc) is 2.44. The summed E-state index contributed by atoms with van der Waals surface area (Å²) >= 11 is 0. The van der Waals surface area contributed by atoms with Gasteiger partial charge in [-0.15, -0.1) is 0 Å². The molecule has 0 bridgehead atoms. The van der Waals surface area contributed by atoms with Crippen LogP contribution in [0.25, 0.3) is 0 Å². The molecule has 0 heterocycles. The van der Waals surface area contributed by atoms with Gasteiger partial charge >= 0.3 is 5.97 Å². The van der Waals surface area contributed by atoms with Gasteiger partial charge in [-0.05, 0) is 31.6 Å². The van der Waals surface area contributed by atoms with Crippen LogP contribution in [0.1, 0.15) is 77.6 Å². The van der Waals surface area contributed by atoms with E-state index in [0.717, 1.165) is 6.42 Å². The van der Waals surface area contributed by atoms with Gasteiger partial charge in [0.25, 0.3) is 0 Å². The molecule has 0 aromatic heterocycles. The van der Waals surface area contributed by atoms with Gasteiger partial charge in [0.15, 0.2) is 0 Å². The van der Waals surface area contributed by atoms with Crippen molar-refractivity contribution < 1.29 is 9.53 Å². The van der Waals surface area contributed by atoms with Gasteiger partial charge in [0.05, 0.1) is 0 Å². The Morgan fingerprint density at radius 2 is 1.84 bits per heavy atom. The fourth-order valence-corrected chi connectivity index (χ4v) is 3.04. The molecule has 110 valence electrons. The normalized spacial score (nSPS) is 23.0. The summed E-state index contributed by atoms with van der Waals surface area (Å²) in [6.45, 7) is 5.73. The van der Waals surface area contributed by atoms with Gasteiger partial charge in [0, 0.05) is 6.08 Å². The summed E-state index contributed by atoms with van der Waals surface area (Å²) in [5.41, 5.74) is 0. The molecule has 0 aromatic carbocycles. The number of rotatable bonds is 9. The van der Waals surface area contributed by atoms with E-state index in [9.17, 15) is 4.79 Å². The van der Waals surface area contributed by atoms with E-state index in [0.29, 0.717) is 5.92 Å². The Kier molecular flexibility index (Phi) is 8.61. The summed E-state index contributed by atoms with van der Waals surface area (Å²) in [7, 11) is 0. The first-order valence-electron chi connectivity index (χ1n) is 8.11. The maximum atomic E-state index is 11.3. The number of hydrogen-bond donors (Lipinski definition) is 0. The van der Waals surface area contributed by atoms with E-state index < -0.39 is 0 Å². The van der Waals surface area contributed by atoms with Crippen molar-refractivity contribution in [3.8, 4) is 0 Å². The monoisotopic (exact) mass is 266 g/mol. The Balaban J connectivity index is 2.20. The Morgan fingerprint density at radius 1 is 1.16 bits per heavy atom. The molecule has 2 nitrogen and oxygen atoms in total. The highest BCUT2D eigenvalue weighted by atomic mass is 16.5. The summed E-state index contributed by atoms with van der Waals surface area (Å²) in [6.07, 6.45) is 15.4. The van der Waals surface area contributed by atoms with Crippen LogP contribution in [0.5, 0.6) is 0 Å². The summed E-state index contributed by atoms with van der Waals surface area (Å²) in [5, 5.41) is 0. The molecule has 1 saturated carbocycles. The van der Waals surface area contributed by atoms with Crippen molar-refractivity contribution in [2.75, 3.05) is 0 Å². The molecule has 2 atom stereocenters. The molecule has 2 unspecified atom stereocenters. The lowest BCUT2D eigenvalue weighted by Gasteiger charge is -2.30. The van der Waals surface area contributed by atoms with Crippen molar-refractivity contribution in [1.29, 1.82) is 0 Å². The van der Waals surface area contributed by atoms with Crippen molar-refractivity contribution in [2.45, 2.75) is 83.7 Å². The summed E-state index contributed by atoms with van der Waals surface area (Å²) in [6, 6.07) is 0. The molecule has 0 amide bonds. The molecule has 1 fully saturated rings. The smallest absolute Gasteiger partial charge is 0.330 e. The minimum absolute atomic E-state index is 0.148. The summed E-state index contributed by atoms with van der Waals surface area (Å²) in [5.74, 6) is 0.337. The highest BCUT2D eigenvalue weighted by molar-refractivity contribution is 5.81. The molecule has 1 aliphatic carbocycles. The lowest BCUT2D eigenvalue weighted by molar-refractivity contribution is -0.147. The average molecular weight is 266 g/mol. The first-order valence-corrected chi connectivity index (χ1v) is 8.11. The minimum atomic E-state index is -0.250. The van der Waals surface area contributed by atoms with Crippen LogP contribution in [0.4, 0.5) is 0 Å². The van der Waals surface area contributed by atoms with Crippen molar-refractivity contribution in [3.63, 3.8) is 0 Å². The largest absolute Gasteiger partial charge is 0.459 e. The van der Waals surface area contributed by atoms with Gasteiger partial charge in [-0.1, -0.05) is 58.4 Å². The Morgan fingerprint density at radius 3 is 2.58 bits per heavy atom. The Hall–Kier alpha value is -0.790. The fraction of sp³-hybridized carbons (Fsp3) is 0.824. The number of unbranched alkanes of at least 4 members (excludes halogenated alkanes) is 5. The van der Waals surface area contributed by atoms with Crippen LogP contribution in [-0.4, -0.2) is 12.1 Å². The van der Waals surface area contributed by atoms with Crippen molar-refractivity contribution >= 4 is 5.97 Å². The molecule has 0 radical (unpaired) electrons. The second kappa shape index (κ2) is 10.1. The van der Waals surface area contributed by atoms with E-state index in [-0.39, 0.29) is 12.1 Å². The third-order valence-electron chi connectivity index (χ3n) is 4.20. The molecule has 2 heteroatoms. The summed E-state index contributed by atoms with van der Waals surface area (Å²) < 4.78 is 5.49. The van der Waals surface area contributed by atoms with Gasteiger partial charge < -0.3 is 4.74 Å². The van der Waals surface area contributed by atoms with Crippen molar-refractivity contribution in [3.05, 3.63) is 12.7 Å². The predicted octanol–water partition coefficient (Wildman–Crippen LogP) is 5.03. The van der Waals surface area contributed by atoms with Crippen molar-refractivity contribution in [2.24, 2.45) is 5.92 Å². The van der Waals surface area contributed by atoms with Gasteiger partial charge in [-0.3, -0.25) is 0 Å². The first kappa shape index (κ1) is 16.3. The maximum Gasteiger partial charge on any atom is 0.330 e. The van der Waals surface area contributed by atoms with Crippen molar-refractivity contribution in [1.82, 2.24) is 0 Å². The predicted molar refractivity (Wildman–Crippen MR) is 80.0 cm³/mol. The molecule has 0 saturated heterocycles. The van der Waals surface area contributed by atoms with Crippen LogP contribution >= 0.6 is 0 Å². The SMILES string of the molecule is C=CC(=O)OC1CCCCC1CCCCCCCC. The first-order chi connectivity index (χ1) is 9.27. The highest BCUT2D eigenvalue weighted by Crippen LogP contribution is 2.31. The molecular formula is C17H30O2. The molecule has 0 N–H and O–H groups in total. The number of hydrogen-bond acceptors (Lipinski definition) is 2. The topological polar surface area (TPSA) is 26.3 Å². The van der Waals surface area contributed by atoms with Crippen LogP contribution in [0.3, 0.4) is 0 Å². The van der Waals surface area contributed by atoms with Crippen LogP contribution in [0.15, 0.2) is 12.7 Å². The molecule has 0 aliphatic heterocycles. The quantitative estimate of drug-likeness (QED) is 0.332. The zero-order valence-electron chi connectivity index (χ0n) is 12.5. The number of carbonyl (C=O) groups excluding carboxylic acids is 1. The van der Waals surface area contributed by atoms with E-state index in [2.05, 4.69) is 13.5 Å². The Bertz CT molecular complexity index is 260. The lowest BCUT2D eigenvalue weighted by Crippen LogP contribution is -2.29. The van der Waals surface area contributed by atoms with Gasteiger partial charge in [-0.2, -0.15) is 0 Å². The van der Waals surface area contributed by atoms with E-state index in [1.807, 2.05) is 0 Å². The van der Waals surface area contributed by atoms with Crippen LogP contribution < -0.4 is 0 Å². The van der Waals surface area contributed by atoms with E-state index in [4.69, 9.17) is 4.74 Å². The van der Waals surface area contributed by atoms with E-state index in [1.54, 1.807) is 0 Å². The minimum Gasteiger partial charge on any atom is -0.459 e. The molecule has 1 rings (SSSR count). The summed E-state index contributed by atoms with van der Waals surface area (Å²) in [4.78, 5) is 11.3. The van der Waals surface area contributed by atoms with Crippen LogP contribution in [-0.2, 0) is 9.53 Å². The van der Waals surface area contributed by atoms with Gasteiger partial charge in [-0.25, -0.2) is 4.79 Å². The highest BCUT2D eigenvalue weighted by Gasteiger charge is 2.27. The molecule has 1 aliphatic rings. The maximum absolute atomic E-state index is 11.3. The number of esters is 1. The zero-order chi connectivity index (χ0) is 13.9. The number of ether oxygens (including phenoxy) is 1. The third-order valence-corrected chi connectivity index (χ3v) is 4.20. The molecule has 19 heavy (non-hydrogen) atoms. The lowest BCUT2D eigenvalue weighted by atomic mass is 9.83. The molecular weight excluding hydrogens is 236 g/mol. The second-order valence-electron chi connectivity index (χ2n) is 5.78. The molecule has 0 spiro atoms. The number of carbonyl (C=O) groups is 1. The van der Waals surface area contributed by atoms with Gasteiger partial charge in [0.2, 0.25) is 0 Å². The second-order valence-corrected chi connectivity index (χ2v) is 5.78.